The Morgan fingerprint density at radius 1 is 0.350 bits per heavy atom. The first-order valence-electron chi connectivity index (χ1n) is 18.9. The second-order valence-corrected chi connectivity index (χ2v) is 13.2. The lowest BCUT2D eigenvalue weighted by Crippen LogP contribution is -2.13. The quantitative estimate of drug-likeness (QED) is 0.0777. The summed E-state index contributed by atoms with van der Waals surface area (Å²) in [7, 11) is 0. The predicted octanol–water partition coefficient (Wildman–Crippen LogP) is 14.0. The molecule has 0 fully saturated rings. The molecule has 1 unspecified atom stereocenters. The summed E-state index contributed by atoms with van der Waals surface area (Å²) in [4.78, 5) is 11.7. The SMILES string of the molecule is CCCCCCCCCCCCCCCCCCCCC(CCCCCCCCCCCCCCCC)C(=O)O. The molecule has 1 atom stereocenters. The van der Waals surface area contributed by atoms with Crippen LogP contribution in [0.4, 0.5) is 0 Å². The molecule has 40 heavy (non-hydrogen) atoms. The number of unbranched alkanes of at least 4 members (excludes halogenated alkanes) is 30. The molecule has 0 heterocycles. The van der Waals surface area contributed by atoms with Crippen LogP contribution in [0.15, 0.2) is 0 Å². The summed E-state index contributed by atoms with van der Waals surface area (Å²) < 4.78 is 0. The van der Waals surface area contributed by atoms with Crippen LogP contribution in [0.3, 0.4) is 0 Å². The lowest BCUT2D eigenvalue weighted by atomic mass is 9.94. The molecule has 0 bridgehead atoms. The molecule has 1 N–H and O–H groups in total. The van der Waals surface area contributed by atoms with E-state index in [0.717, 1.165) is 25.7 Å². The van der Waals surface area contributed by atoms with Crippen LogP contribution in [0, 0.1) is 5.92 Å². The van der Waals surface area contributed by atoms with Crippen LogP contribution >= 0.6 is 0 Å². The molecule has 0 saturated heterocycles. The van der Waals surface area contributed by atoms with E-state index >= 15 is 0 Å². The lowest BCUT2D eigenvalue weighted by molar-refractivity contribution is -0.142. The van der Waals surface area contributed by atoms with E-state index in [2.05, 4.69) is 13.8 Å². The number of aliphatic carboxylic acids is 1. The van der Waals surface area contributed by atoms with Crippen molar-refractivity contribution in [2.75, 3.05) is 0 Å². The first-order valence-corrected chi connectivity index (χ1v) is 18.9. The van der Waals surface area contributed by atoms with Crippen molar-refractivity contribution in [2.45, 2.75) is 232 Å². The molecule has 2 heteroatoms. The lowest BCUT2D eigenvalue weighted by Gasteiger charge is -2.12. The maximum absolute atomic E-state index is 11.7. The molecular weight excluding hydrogens is 488 g/mol. The molecule has 0 aliphatic rings. The molecule has 0 aromatic carbocycles. The molecule has 0 spiro atoms. The number of hydrogen-bond donors (Lipinski definition) is 1. The van der Waals surface area contributed by atoms with Crippen molar-refractivity contribution in [3.63, 3.8) is 0 Å². The Labute approximate surface area is 253 Å². The van der Waals surface area contributed by atoms with Crippen LogP contribution in [-0.4, -0.2) is 11.1 Å². The molecular formula is C38H76O2. The highest BCUT2D eigenvalue weighted by Crippen LogP contribution is 2.20. The Balaban J connectivity index is 3.36. The third kappa shape index (κ3) is 32.0. The second-order valence-electron chi connectivity index (χ2n) is 13.2. The smallest absolute Gasteiger partial charge is 0.306 e. The predicted molar refractivity (Wildman–Crippen MR) is 179 cm³/mol. The van der Waals surface area contributed by atoms with E-state index < -0.39 is 5.97 Å². The number of rotatable bonds is 35. The maximum Gasteiger partial charge on any atom is 0.306 e. The van der Waals surface area contributed by atoms with Crippen LogP contribution in [0.2, 0.25) is 0 Å². The minimum Gasteiger partial charge on any atom is -0.481 e. The average Bonchev–Trinajstić information content (AvgIpc) is 2.95. The Hall–Kier alpha value is -0.530. The Kier molecular flexibility index (Phi) is 34.2. The monoisotopic (exact) mass is 565 g/mol. The first kappa shape index (κ1) is 39.5. The molecule has 0 amide bonds. The van der Waals surface area contributed by atoms with Crippen LogP contribution in [0.5, 0.6) is 0 Å². The summed E-state index contributed by atoms with van der Waals surface area (Å²) in [5.74, 6) is -0.653. The molecule has 0 rings (SSSR count). The van der Waals surface area contributed by atoms with Gasteiger partial charge in [0.25, 0.3) is 0 Å². The van der Waals surface area contributed by atoms with Crippen molar-refractivity contribution in [1.29, 1.82) is 0 Å². The zero-order valence-corrected chi connectivity index (χ0v) is 28.0. The van der Waals surface area contributed by atoms with E-state index in [9.17, 15) is 9.90 Å². The fourth-order valence-electron chi connectivity index (χ4n) is 6.27. The standard InChI is InChI=1S/C38H76O2/c1-3-5-7-9-11-13-15-17-19-20-21-22-24-26-28-30-32-34-36-37(38(39)40)35-33-31-29-27-25-23-18-16-14-12-10-8-6-4-2/h37H,3-36H2,1-2H3,(H,39,40). The topological polar surface area (TPSA) is 37.3 Å². The average molecular weight is 565 g/mol. The third-order valence-corrected chi connectivity index (χ3v) is 9.16. The van der Waals surface area contributed by atoms with Crippen molar-refractivity contribution in [3.05, 3.63) is 0 Å². The van der Waals surface area contributed by atoms with E-state index in [1.54, 1.807) is 0 Å². The molecule has 0 aliphatic heterocycles. The van der Waals surface area contributed by atoms with Gasteiger partial charge < -0.3 is 5.11 Å². The van der Waals surface area contributed by atoms with Crippen molar-refractivity contribution in [1.82, 2.24) is 0 Å². The Morgan fingerprint density at radius 2 is 0.525 bits per heavy atom. The summed E-state index contributed by atoms with van der Waals surface area (Å²) in [5, 5.41) is 9.62. The fourth-order valence-corrected chi connectivity index (χ4v) is 6.27. The molecule has 2 nitrogen and oxygen atoms in total. The molecule has 0 aromatic heterocycles. The van der Waals surface area contributed by atoms with Crippen molar-refractivity contribution >= 4 is 5.97 Å². The Bertz CT molecular complexity index is 474. The molecule has 0 radical (unpaired) electrons. The van der Waals surface area contributed by atoms with Gasteiger partial charge in [0.15, 0.2) is 0 Å². The molecule has 0 aromatic rings. The van der Waals surface area contributed by atoms with Gasteiger partial charge in [0.05, 0.1) is 5.92 Å². The van der Waals surface area contributed by atoms with Gasteiger partial charge in [-0.2, -0.15) is 0 Å². The fraction of sp³-hybridized carbons (Fsp3) is 0.974. The minimum atomic E-state index is -0.554. The molecule has 0 saturated carbocycles. The van der Waals surface area contributed by atoms with Crippen molar-refractivity contribution < 1.29 is 9.90 Å². The Morgan fingerprint density at radius 3 is 0.700 bits per heavy atom. The second kappa shape index (κ2) is 34.7. The zero-order chi connectivity index (χ0) is 29.2. The maximum atomic E-state index is 11.7. The van der Waals surface area contributed by atoms with Crippen molar-refractivity contribution in [2.24, 2.45) is 5.92 Å². The highest BCUT2D eigenvalue weighted by atomic mass is 16.4. The van der Waals surface area contributed by atoms with Gasteiger partial charge in [-0.25, -0.2) is 0 Å². The normalized spacial score (nSPS) is 12.2. The van der Waals surface area contributed by atoms with E-state index in [1.807, 2.05) is 0 Å². The molecule has 240 valence electrons. The van der Waals surface area contributed by atoms with Crippen LogP contribution in [0.1, 0.15) is 232 Å². The minimum absolute atomic E-state index is 0.0987. The summed E-state index contributed by atoms with van der Waals surface area (Å²) in [6, 6.07) is 0. The summed E-state index contributed by atoms with van der Waals surface area (Å²) in [6.45, 7) is 4.58. The van der Waals surface area contributed by atoms with Gasteiger partial charge in [0.1, 0.15) is 0 Å². The van der Waals surface area contributed by atoms with Gasteiger partial charge in [0.2, 0.25) is 0 Å². The van der Waals surface area contributed by atoms with Gasteiger partial charge in [-0.15, -0.1) is 0 Å². The van der Waals surface area contributed by atoms with E-state index in [1.165, 1.54) is 193 Å². The number of carbonyl (C=O) groups is 1. The first-order chi connectivity index (χ1) is 19.7. The number of carboxylic acid groups (broad SMARTS) is 1. The van der Waals surface area contributed by atoms with Crippen LogP contribution in [0.25, 0.3) is 0 Å². The third-order valence-electron chi connectivity index (χ3n) is 9.16. The number of hydrogen-bond acceptors (Lipinski definition) is 1. The van der Waals surface area contributed by atoms with Crippen LogP contribution < -0.4 is 0 Å². The summed E-state index contributed by atoms with van der Waals surface area (Å²) in [6.07, 6.45) is 45.8. The van der Waals surface area contributed by atoms with Gasteiger partial charge >= 0.3 is 5.97 Å². The summed E-state index contributed by atoms with van der Waals surface area (Å²) in [5.41, 5.74) is 0. The highest BCUT2D eigenvalue weighted by Gasteiger charge is 2.16. The van der Waals surface area contributed by atoms with Gasteiger partial charge in [-0.1, -0.05) is 219 Å². The van der Waals surface area contributed by atoms with E-state index in [-0.39, 0.29) is 5.92 Å². The van der Waals surface area contributed by atoms with Gasteiger partial charge in [0, 0.05) is 0 Å². The van der Waals surface area contributed by atoms with Gasteiger partial charge in [-0.3, -0.25) is 4.79 Å². The van der Waals surface area contributed by atoms with E-state index in [4.69, 9.17) is 0 Å². The largest absolute Gasteiger partial charge is 0.481 e. The van der Waals surface area contributed by atoms with Crippen LogP contribution in [-0.2, 0) is 4.79 Å². The van der Waals surface area contributed by atoms with Crippen molar-refractivity contribution in [3.8, 4) is 0 Å². The highest BCUT2D eigenvalue weighted by molar-refractivity contribution is 5.69. The molecule has 0 aliphatic carbocycles. The summed E-state index contributed by atoms with van der Waals surface area (Å²) >= 11 is 0. The van der Waals surface area contributed by atoms with Gasteiger partial charge in [-0.05, 0) is 12.8 Å². The van der Waals surface area contributed by atoms with E-state index in [0.29, 0.717) is 0 Å². The number of carboxylic acids is 1. The zero-order valence-electron chi connectivity index (χ0n) is 28.0.